The van der Waals surface area contributed by atoms with Crippen molar-refractivity contribution in [1.82, 2.24) is 4.98 Å². The lowest BCUT2D eigenvalue weighted by Crippen LogP contribution is -2.33. The Balaban J connectivity index is 2.00. The topological polar surface area (TPSA) is 53.4 Å². The van der Waals surface area contributed by atoms with Gasteiger partial charge in [0.25, 0.3) is 0 Å². The van der Waals surface area contributed by atoms with E-state index in [0.717, 1.165) is 24.1 Å². The molecule has 0 atom stereocenters. The van der Waals surface area contributed by atoms with Crippen LogP contribution >= 0.6 is 11.3 Å². The zero-order valence-electron chi connectivity index (χ0n) is 9.35. The number of piperidine rings is 1. The van der Waals surface area contributed by atoms with Crippen molar-refractivity contribution in [3.63, 3.8) is 0 Å². The van der Waals surface area contributed by atoms with Crippen LogP contribution in [0.2, 0.25) is 0 Å². The predicted octanol–water partition coefficient (Wildman–Crippen LogP) is 2.47. The maximum absolute atomic E-state index is 10.7. The zero-order valence-corrected chi connectivity index (χ0v) is 10.2. The number of rotatable bonds is 3. The van der Waals surface area contributed by atoms with Gasteiger partial charge in [0.05, 0.1) is 6.20 Å². The SMILES string of the molecule is CCC1CCN(c2ncc(C(=O)O)s2)CC1. The van der Waals surface area contributed by atoms with Crippen molar-refractivity contribution in [3.8, 4) is 0 Å². The molecule has 1 aromatic heterocycles. The molecule has 16 heavy (non-hydrogen) atoms. The van der Waals surface area contributed by atoms with Crippen molar-refractivity contribution in [1.29, 1.82) is 0 Å². The van der Waals surface area contributed by atoms with Gasteiger partial charge in [0.15, 0.2) is 5.13 Å². The normalized spacial score (nSPS) is 17.7. The summed E-state index contributed by atoms with van der Waals surface area (Å²) in [6, 6.07) is 0. The molecular formula is C11H16N2O2S. The molecule has 5 heteroatoms. The van der Waals surface area contributed by atoms with Crippen molar-refractivity contribution in [3.05, 3.63) is 11.1 Å². The molecule has 4 nitrogen and oxygen atoms in total. The van der Waals surface area contributed by atoms with Crippen LogP contribution in [0.1, 0.15) is 35.9 Å². The first-order chi connectivity index (χ1) is 7.70. The van der Waals surface area contributed by atoms with Gasteiger partial charge in [0.1, 0.15) is 4.88 Å². The van der Waals surface area contributed by atoms with Crippen LogP contribution in [-0.4, -0.2) is 29.1 Å². The molecule has 0 radical (unpaired) electrons. The molecule has 0 saturated carbocycles. The van der Waals surface area contributed by atoms with Gasteiger partial charge in [0, 0.05) is 13.1 Å². The summed E-state index contributed by atoms with van der Waals surface area (Å²) in [5.74, 6) is -0.0534. The molecule has 0 aliphatic carbocycles. The van der Waals surface area contributed by atoms with E-state index in [2.05, 4.69) is 16.8 Å². The maximum atomic E-state index is 10.7. The standard InChI is InChI=1S/C11H16N2O2S/c1-2-8-3-5-13(6-4-8)11-12-7-9(16-11)10(14)15/h7-8H,2-6H2,1H3,(H,14,15). The van der Waals surface area contributed by atoms with E-state index in [4.69, 9.17) is 5.11 Å². The summed E-state index contributed by atoms with van der Waals surface area (Å²) in [5.41, 5.74) is 0. The number of carboxylic acids is 1. The molecule has 1 fully saturated rings. The second-order valence-electron chi connectivity index (χ2n) is 4.15. The number of carboxylic acid groups (broad SMARTS) is 1. The van der Waals surface area contributed by atoms with Crippen LogP contribution in [0.5, 0.6) is 0 Å². The van der Waals surface area contributed by atoms with E-state index in [1.165, 1.54) is 36.8 Å². The van der Waals surface area contributed by atoms with E-state index in [0.29, 0.717) is 4.88 Å². The molecule has 0 bridgehead atoms. The van der Waals surface area contributed by atoms with E-state index in [-0.39, 0.29) is 0 Å². The Morgan fingerprint density at radius 2 is 2.31 bits per heavy atom. The highest BCUT2D eigenvalue weighted by molar-refractivity contribution is 7.17. The molecule has 0 aromatic carbocycles. The minimum Gasteiger partial charge on any atom is -0.477 e. The first-order valence-electron chi connectivity index (χ1n) is 5.64. The summed E-state index contributed by atoms with van der Waals surface area (Å²) >= 11 is 1.27. The number of aromatic carboxylic acids is 1. The Labute approximate surface area is 98.9 Å². The minimum absolute atomic E-state index is 0.326. The summed E-state index contributed by atoms with van der Waals surface area (Å²) in [7, 11) is 0. The molecule has 1 N–H and O–H groups in total. The maximum Gasteiger partial charge on any atom is 0.347 e. The summed E-state index contributed by atoms with van der Waals surface area (Å²) < 4.78 is 0. The third kappa shape index (κ3) is 2.35. The van der Waals surface area contributed by atoms with Crippen LogP contribution in [0.4, 0.5) is 5.13 Å². The van der Waals surface area contributed by atoms with Crippen molar-refractivity contribution < 1.29 is 9.90 Å². The molecule has 1 aliphatic rings. The van der Waals surface area contributed by atoms with Crippen LogP contribution in [-0.2, 0) is 0 Å². The number of anilines is 1. The van der Waals surface area contributed by atoms with E-state index < -0.39 is 5.97 Å². The monoisotopic (exact) mass is 240 g/mol. The Bertz CT molecular complexity index is 370. The molecule has 1 aromatic rings. The van der Waals surface area contributed by atoms with Gasteiger partial charge in [0.2, 0.25) is 0 Å². The molecule has 1 aliphatic heterocycles. The van der Waals surface area contributed by atoms with Gasteiger partial charge in [-0.15, -0.1) is 0 Å². The Morgan fingerprint density at radius 1 is 1.62 bits per heavy atom. The highest BCUT2D eigenvalue weighted by Crippen LogP contribution is 2.28. The fourth-order valence-electron chi connectivity index (χ4n) is 2.04. The van der Waals surface area contributed by atoms with Gasteiger partial charge >= 0.3 is 5.97 Å². The second-order valence-corrected chi connectivity index (χ2v) is 5.16. The molecule has 88 valence electrons. The quantitative estimate of drug-likeness (QED) is 0.881. The molecule has 0 amide bonds. The first kappa shape index (κ1) is 11.4. The Hall–Kier alpha value is -1.10. The van der Waals surface area contributed by atoms with E-state index >= 15 is 0 Å². The molecule has 2 heterocycles. The van der Waals surface area contributed by atoms with Crippen LogP contribution in [0.25, 0.3) is 0 Å². The van der Waals surface area contributed by atoms with Crippen LogP contribution in [0, 0.1) is 5.92 Å². The highest BCUT2D eigenvalue weighted by atomic mass is 32.1. The molecule has 2 rings (SSSR count). The lowest BCUT2D eigenvalue weighted by Gasteiger charge is -2.31. The molecular weight excluding hydrogens is 224 g/mol. The second kappa shape index (κ2) is 4.82. The van der Waals surface area contributed by atoms with E-state index in [9.17, 15) is 4.79 Å². The summed E-state index contributed by atoms with van der Waals surface area (Å²) in [6.07, 6.45) is 5.08. The van der Waals surface area contributed by atoms with Gasteiger partial charge in [-0.3, -0.25) is 0 Å². The third-order valence-electron chi connectivity index (χ3n) is 3.17. The number of thiazole rings is 1. The van der Waals surface area contributed by atoms with Crippen LogP contribution in [0.15, 0.2) is 6.20 Å². The number of aromatic nitrogens is 1. The summed E-state index contributed by atoms with van der Waals surface area (Å²) in [4.78, 5) is 17.4. The number of hydrogen-bond donors (Lipinski definition) is 1. The van der Waals surface area contributed by atoms with Gasteiger partial charge in [-0.25, -0.2) is 9.78 Å². The average Bonchev–Trinajstić information content (AvgIpc) is 2.78. The van der Waals surface area contributed by atoms with Crippen LogP contribution < -0.4 is 4.90 Å². The van der Waals surface area contributed by atoms with Crippen molar-refractivity contribution in [2.45, 2.75) is 26.2 Å². The van der Waals surface area contributed by atoms with Gasteiger partial charge < -0.3 is 10.0 Å². The minimum atomic E-state index is -0.882. The number of nitrogens with zero attached hydrogens (tertiary/aromatic N) is 2. The lowest BCUT2D eigenvalue weighted by molar-refractivity contribution is 0.0702. The number of hydrogen-bond acceptors (Lipinski definition) is 4. The van der Waals surface area contributed by atoms with Gasteiger partial charge in [-0.1, -0.05) is 24.7 Å². The molecule has 0 spiro atoms. The fourth-order valence-corrected chi connectivity index (χ4v) is 2.85. The first-order valence-corrected chi connectivity index (χ1v) is 6.46. The van der Waals surface area contributed by atoms with Crippen molar-refractivity contribution in [2.75, 3.05) is 18.0 Å². The van der Waals surface area contributed by atoms with Crippen LogP contribution in [0.3, 0.4) is 0 Å². The molecule has 0 unspecified atom stereocenters. The zero-order chi connectivity index (χ0) is 11.5. The van der Waals surface area contributed by atoms with E-state index in [1.807, 2.05) is 0 Å². The van der Waals surface area contributed by atoms with Crippen molar-refractivity contribution in [2.24, 2.45) is 5.92 Å². The Morgan fingerprint density at radius 3 is 2.81 bits per heavy atom. The highest BCUT2D eigenvalue weighted by Gasteiger charge is 2.20. The Kier molecular flexibility index (Phi) is 3.43. The summed E-state index contributed by atoms with van der Waals surface area (Å²) in [5, 5.41) is 9.68. The smallest absolute Gasteiger partial charge is 0.347 e. The average molecular weight is 240 g/mol. The van der Waals surface area contributed by atoms with Gasteiger partial charge in [-0.05, 0) is 18.8 Å². The van der Waals surface area contributed by atoms with Crippen molar-refractivity contribution >= 4 is 22.4 Å². The third-order valence-corrected chi connectivity index (χ3v) is 4.21. The largest absolute Gasteiger partial charge is 0.477 e. The van der Waals surface area contributed by atoms with Gasteiger partial charge in [-0.2, -0.15) is 0 Å². The molecule has 1 saturated heterocycles. The van der Waals surface area contributed by atoms with E-state index in [1.54, 1.807) is 0 Å². The summed E-state index contributed by atoms with van der Waals surface area (Å²) in [6.45, 7) is 4.24. The lowest BCUT2D eigenvalue weighted by atomic mass is 9.95. The predicted molar refractivity (Wildman–Crippen MR) is 64.3 cm³/mol. The number of carbonyl (C=O) groups is 1. The fraction of sp³-hybridized carbons (Fsp3) is 0.636.